The molecular weight excluding hydrogens is 1280 g/mol. The number of carbonyl (C=O) groups excluding carboxylic acids is 2. The van der Waals surface area contributed by atoms with Crippen LogP contribution in [0.4, 0.5) is 17.8 Å². The molecule has 1 aliphatic heterocycles. The molecule has 0 unspecified atom stereocenters. The molecule has 1 aliphatic rings. The average molecular weight is 1370 g/mol. The van der Waals surface area contributed by atoms with Crippen LogP contribution in [-0.4, -0.2) is 107 Å². The van der Waals surface area contributed by atoms with E-state index < -0.39 is 13.1 Å². The molecule has 96 heavy (non-hydrogen) atoms. The number of methoxy groups -OCH3 is 5. The first kappa shape index (κ1) is 73.6. The fraction of sp³-hybridized carbons (Fsp3) is 0.311. The predicted octanol–water partition coefficient (Wildman–Crippen LogP) is 13.5. The number of esters is 2. The van der Waals surface area contributed by atoms with Crippen LogP contribution in [0, 0.1) is 20.8 Å². The van der Waals surface area contributed by atoms with Crippen molar-refractivity contribution in [2.24, 2.45) is 0 Å². The lowest BCUT2D eigenvalue weighted by molar-refractivity contribution is -0.141. The summed E-state index contributed by atoms with van der Waals surface area (Å²) in [6, 6.07) is 42.2. The zero-order valence-electron chi connectivity index (χ0n) is 56.6. The molecule has 20 nitrogen and oxygen atoms in total. The number of carboxylic acid groups (broad SMARTS) is 1. The first-order chi connectivity index (χ1) is 46.1. The highest BCUT2D eigenvalue weighted by Gasteiger charge is 2.52. The van der Waals surface area contributed by atoms with Gasteiger partial charge in [-0.2, -0.15) is 0 Å². The predicted molar refractivity (Wildman–Crippen MR) is 379 cm³/mol. The summed E-state index contributed by atoms with van der Waals surface area (Å²) in [6.45, 7) is 16.4. The molecular formula is C74H85BBrN9O11. The van der Waals surface area contributed by atoms with Crippen molar-refractivity contribution < 1.29 is 52.5 Å². The summed E-state index contributed by atoms with van der Waals surface area (Å²) in [5, 5.41) is 18.6. The lowest BCUT2D eigenvalue weighted by Gasteiger charge is -2.32. The molecule has 22 heteroatoms. The highest BCUT2D eigenvalue weighted by Crippen LogP contribution is 2.37. The number of halogens is 1. The Morgan fingerprint density at radius 1 is 0.458 bits per heavy atom. The molecule has 4 heterocycles. The van der Waals surface area contributed by atoms with Crippen LogP contribution in [0.3, 0.4) is 0 Å². The van der Waals surface area contributed by atoms with Crippen LogP contribution < -0.4 is 35.6 Å². The number of benzene rings is 6. The second-order valence-corrected chi connectivity index (χ2v) is 24.5. The van der Waals surface area contributed by atoms with Crippen molar-refractivity contribution in [2.75, 3.05) is 51.5 Å². The number of nitrogens with one attached hydrogen (secondary N) is 3. The van der Waals surface area contributed by atoms with Gasteiger partial charge < -0.3 is 54.0 Å². The molecule has 1 saturated heterocycles. The Hall–Kier alpha value is -9.77. The number of anilines is 3. The van der Waals surface area contributed by atoms with Crippen LogP contribution >= 0.6 is 15.9 Å². The van der Waals surface area contributed by atoms with Gasteiger partial charge in [0.2, 0.25) is 17.8 Å². The first-order valence-corrected chi connectivity index (χ1v) is 32.1. The van der Waals surface area contributed by atoms with Gasteiger partial charge in [-0.3, -0.25) is 14.4 Å². The number of hydrogen-bond acceptors (Lipinski definition) is 19. The molecule has 0 spiro atoms. The van der Waals surface area contributed by atoms with Gasteiger partial charge in [-0.05, 0) is 155 Å². The second kappa shape index (κ2) is 36.2. The van der Waals surface area contributed by atoms with E-state index in [1.165, 1.54) is 47.6 Å². The van der Waals surface area contributed by atoms with Crippen LogP contribution in [0.25, 0.3) is 22.3 Å². The molecule has 0 bridgehead atoms. The van der Waals surface area contributed by atoms with Gasteiger partial charge >= 0.3 is 25.0 Å². The van der Waals surface area contributed by atoms with Gasteiger partial charge in [0.15, 0.2) is 0 Å². The van der Waals surface area contributed by atoms with E-state index >= 15 is 0 Å². The van der Waals surface area contributed by atoms with Gasteiger partial charge in [-0.25, -0.2) is 29.9 Å². The molecule has 4 N–H and O–H groups in total. The summed E-state index contributed by atoms with van der Waals surface area (Å²) in [6.07, 6.45) is 12.9. The van der Waals surface area contributed by atoms with Gasteiger partial charge in [0.1, 0.15) is 17.2 Å². The second-order valence-electron chi connectivity index (χ2n) is 23.6. The summed E-state index contributed by atoms with van der Waals surface area (Å²) in [5.41, 5.74) is 13.8. The van der Waals surface area contributed by atoms with Crippen LogP contribution in [0.15, 0.2) is 169 Å². The van der Waals surface area contributed by atoms with Crippen molar-refractivity contribution in [1.82, 2.24) is 29.9 Å². The number of nitrogens with zero attached hydrogens (tertiary/aromatic N) is 6. The third-order valence-corrected chi connectivity index (χ3v) is 16.3. The van der Waals surface area contributed by atoms with Crippen LogP contribution in [0.2, 0.25) is 0 Å². The van der Waals surface area contributed by atoms with Crippen molar-refractivity contribution >= 4 is 64.3 Å². The lowest BCUT2D eigenvalue weighted by atomic mass is 9.81. The van der Waals surface area contributed by atoms with Crippen molar-refractivity contribution in [3.63, 3.8) is 0 Å². The molecule has 0 radical (unpaired) electrons. The fourth-order valence-corrected chi connectivity index (χ4v) is 10.3. The number of ether oxygens (including phenoxy) is 5. The largest absolute Gasteiger partial charge is 0.498 e. The molecule has 1 fully saturated rings. The minimum atomic E-state index is -0.833. The van der Waals surface area contributed by atoms with Crippen molar-refractivity contribution in [3.05, 3.63) is 219 Å². The molecule has 0 amide bonds. The number of aliphatic carboxylic acids is 1. The van der Waals surface area contributed by atoms with E-state index in [2.05, 4.69) is 148 Å². The smallest absolute Gasteiger partial charge is 0.496 e. The Bertz CT molecular complexity index is 3980. The quantitative estimate of drug-likeness (QED) is 0.0324. The summed E-state index contributed by atoms with van der Waals surface area (Å²) in [4.78, 5) is 59.7. The maximum atomic E-state index is 11.5. The highest BCUT2D eigenvalue weighted by molar-refractivity contribution is 9.10. The molecule has 0 atom stereocenters. The van der Waals surface area contributed by atoms with Crippen molar-refractivity contribution in [3.8, 4) is 39.5 Å². The molecule has 6 aromatic carbocycles. The minimum absolute atomic E-state index is 0.0537. The van der Waals surface area contributed by atoms with Crippen molar-refractivity contribution in [2.45, 2.75) is 118 Å². The summed E-state index contributed by atoms with van der Waals surface area (Å²) < 4.78 is 38.2. The van der Waals surface area contributed by atoms with E-state index in [0.29, 0.717) is 75.3 Å². The van der Waals surface area contributed by atoms with Crippen molar-refractivity contribution in [1.29, 1.82) is 0 Å². The Balaban J connectivity index is 0.000000185. The normalized spacial score (nSPS) is 12.4. The minimum Gasteiger partial charge on any atom is -0.496 e. The Kier molecular flexibility index (Phi) is 27.8. The van der Waals surface area contributed by atoms with Crippen LogP contribution in [0.1, 0.15) is 97.0 Å². The molecule has 502 valence electrons. The number of rotatable bonds is 24. The van der Waals surface area contributed by atoms with E-state index in [9.17, 15) is 14.4 Å². The molecule has 0 aliphatic carbocycles. The topological polar surface area (TPSA) is 249 Å². The fourth-order valence-electron chi connectivity index (χ4n) is 9.85. The third kappa shape index (κ3) is 22.7. The Morgan fingerprint density at radius 2 is 0.802 bits per heavy atom. The first-order valence-electron chi connectivity index (χ1n) is 31.3. The molecule has 3 aromatic heterocycles. The maximum absolute atomic E-state index is 11.5. The van der Waals surface area contributed by atoms with Gasteiger partial charge in [-0.1, -0.05) is 118 Å². The summed E-state index contributed by atoms with van der Waals surface area (Å²) >= 11 is 3.38. The SMILES string of the molecule is COC(=O)CCc1cc(-c2cnc(NCc3cccc(C)c3)nc2)ccc1OC.COC(=O)CCc1cc(Br)ccc1OC.COc1ccc(-c2cnc(NCc3cccc(C)c3)nc2)cc1CCC(=O)O.Cc1cccc(CNc2ncc(B3OC(C)(C)C(C)(C)O3)cn2)c1. The molecule has 10 rings (SSSR count). The zero-order valence-corrected chi connectivity index (χ0v) is 58.2. The van der Waals surface area contributed by atoms with Crippen LogP contribution in [-0.2, 0) is 72.1 Å². The lowest BCUT2D eigenvalue weighted by Crippen LogP contribution is -2.41. The number of carbonyl (C=O) groups is 3. The standard InChI is InChI=1S/C23H25N3O3.C22H23N3O3.C18H24BN3O2.C11H13BrO3/c1-16-5-4-6-17(11-16)13-24-23-25-14-20(15-26-23)18-7-9-21(28-2)19(12-18)8-10-22(27)29-3;1-15-4-3-5-16(10-15)12-23-22-24-13-19(14-25-22)17-6-8-20(28-2)18(11-17)7-9-21(26)27;1-13-7-6-8-14(9-13)10-20-16-21-11-15(12-22-16)19-23-17(2,3)18(4,5)24-19;1-14-10-5-4-9(12)7-8(10)3-6-11(13)15-2/h4-7,9,11-12,14-15H,8,10,13H2,1-3H3,(H,24,25,26);3-6,8,10-11,13-14H,7,9,12H2,1-2H3,(H,26,27)(H,23,24,25);6-9,11-12H,10H2,1-5H3,(H,20,21,22);4-5,7H,3,6H2,1-2H3. The number of aryl methyl sites for hydroxylation is 6. The van der Waals surface area contributed by atoms with E-state index in [4.69, 9.17) is 33.4 Å². The number of aromatic nitrogens is 6. The zero-order chi connectivity index (χ0) is 69.2. The van der Waals surface area contributed by atoms with E-state index in [-0.39, 0.29) is 29.6 Å². The van der Waals surface area contributed by atoms with E-state index in [1.54, 1.807) is 58.5 Å². The van der Waals surface area contributed by atoms with Gasteiger partial charge in [0.25, 0.3) is 0 Å². The number of hydrogen-bond donors (Lipinski definition) is 4. The van der Waals surface area contributed by atoms with E-state index in [0.717, 1.165) is 60.4 Å². The average Bonchev–Trinajstić information content (AvgIpc) is 1.61. The Labute approximate surface area is 571 Å². The molecule has 9 aromatic rings. The molecule has 0 saturated carbocycles. The summed E-state index contributed by atoms with van der Waals surface area (Å²) in [7, 11) is 7.17. The van der Waals surface area contributed by atoms with Gasteiger partial charge in [-0.15, -0.1) is 0 Å². The Morgan fingerprint density at radius 3 is 1.15 bits per heavy atom. The monoisotopic (exact) mass is 1370 g/mol. The van der Waals surface area contributed by atoms with Gasteiger partial charge in [0.05, 0.1) is 46.8 Å². The van der Waals surface area contributed by atoms with Crippen LogP contribution in [0.5, 0.6) is 17.2 Å². The number of carboxylic acids is 1. The highest BCUT2D eigenvalue weighted by atomic mass is 79.9. The maximum Gasteiger partial charge on any atom is 0.498 e. The van der Waals surface area contributed by atoms with E-state index in [1.807, 2.05) is 94.4 Å². The van der Waals surface area contributed by atoms with Gasteiger partial charge in [0, 0.05) is 97.1 Å². The third-order valence-electron chi connectivity index (χ3n) is 15.8. The summed E-state index contributed by atoms with van der Waals surface area (Å²) in [5.74, 6) is 2.66.